The summed E-state index contributed by atoms with van der Waals surface area (Å²) in [6, 6.07) is 18.3. The zero-order chi connectivity index (χ0) is 33.6. The maximum Gasteiger partial charge on any atom is 0.407 e. The van der Waals surface area contributed by atoms with Gasteiger partial charge in [-0.25, -0.2) is 9.59 Å². The second-order valence-electron chi connectivity index (χ2n) is 11.1. The van der Waals surface area contributed by atoms with Crippen LogP contribution in [0.25, 0.3) is 23.1 Å². The summed E-state index contributed by atoms with van der Waals surface area (Å²) >= 11 is 1.43. The van der Waals surface area contributed by atoms with Crippen molar-refractivity contribution in [1.82, 2.24) is 30.7 Å². The Morgan fingerprint density at radius 2 is 1.62 bits per heavy atom. The zero-order valence-corrected chi connectivity index (χ0v) is 27.8. The van der Waals surface area contributed by atoms with E-state index in [2.05, 4.69) is 26.0 Å². The lowest BCUT2D eigenvalue weighted by Crippen LogP contribution is -2.34. The standard InChI is InChI=1S/C34H40N6O6S/c1-34(2,3)46-33(43)38-18-20-45-22-21-44-19-17-37-32(42)40-29-23-25(47-30-11-6-5-10-27(30)31(41)35-4)13-14-26(29)28(39-40)15-12-24-9-7-8-16-36-24/h5-16,23H,17-22H2,1-4H3,(H,35,41)(H,37,42)(H,38,43)/b15-12+. The van der Waals surface area contributed by atoms with Gasteiger partial charge in [0.1, 0.15) is 5.60 Å². The first-order valence-corrected chi connectivity index (χ1v) is 16.0. The van der Waals surface area contributed by atoms with E-state index in [0.717, 1.165) is 20.9 Å². The summed E-state index contributed by atoms with van der Waals surface area (Å²) in [5, 5.41) is 13.6. The van der Waals surface area contributed by atoms with E-state index in [1.807, 2.05) is 66.7 Å². The van der Waals surface area contributed by atoms with E-state index in [-0.39, 0.29) is 19.1 Å². The highest BCUT2D eigenvalue weighted by Crippen LogP contribution is 2.33. The number of nitrogens with zero attached hydrogens (tertiary/aromatic N) is 3. The molecule has 13 heteroatoms. The third-order valence-corrected chi connectivity index (χ3v) is 7.43. The molecule has 0 aliphatic rings. The van der Waals surface area contributed by atoms with Crippen molar-refractivity contribution < 1.29 is 28.6 Å². The molecule has 248 valence electrons. The number of rotatable bonds is 14. The molecule has 0 spiro atoms. The first-order valence-electron chi connectivity index (χ1n) is 15.2. The van der Waals surface area contributed by atoms with Crippen molar-refractivity contribution >= 4 is 52.8 Å². The van der Waals surface area contributed by atoms with Crippen LogP contribution in [-0.2, 0) is 14.2 Å². The minimum Gasteiger partial charge on any atom is -0.444 e. The van der Waals surface area contributed by atoms with Gasteiger partial charge < -0.3 is 30.2 Å². The molecule has 3 amide bonds. The molecule has 2 aromatic heterocycles. The van der Waals surface area contributed by atoms with Crippen molar-refractivity contribution in [2.24, 2.45) is 0 Å². The van der Waals surface area contributed by atoms with Crippen LogP contribution in [0.4, 0.5) is 9.59 Å². The molecule has 0 atom stereocenters. The van der Waals surface area contributed by atoms with Crippen LogP contribution in [-0.4, -0.2) is 85.0 Å². The monoisotopic (exact) mass is 660 g/mol. The minimum absolute atomic E-state index is 0.176. The van der Waals surface area contributed by atoms with Crippen LogP contribution in [0, 0.1) is 0 Å². The molecule has 47 heavy (non-hydrogen) atoms. The second-order valence-corrected chi connectivity index (χ2v) is 12.2. The van der Waals surface area contributed by atoms with E-state index in [9.17, 15) is 14.4 Å². The number of aromatic nitrogens is 3. The Morgan fingerprint density at radius 1 is 0.894 bits per heavy atom. The summed E-state index contributed by atoms with van der Waals surface area (Å²) < 4.78 is 17.6. The van der Waals surface area contributed by atoms with E-state index in [1.165, 1.54) is 16.4 Å². The van der Waals surface area contributed by atoms with Gasteiger partial charge in [0.25, 0.3) is 5.91 Å². The van der Waals surface area contributed by atoms with E-state index in [4.69, 9.17) is 14.2 Å². The number of alkyl carbamates (subject to hydrolysis) is 1. The molecule has 0 radical (unpaired) electrons. The van der Waals surface area contributed by atoms with Gasteiger partial charge in [-0.05, 0) is 75.4 Å². The molecule has 0 saturated heterocycles. The summed E-state index contributed by atoms with van der Waals surface area (Å²) in [5.74, 6) is -0.176. The molecule has 0 unspecified atom stereocenters. The number of fused-ring (bicyclic) bond motifs is 1. The van der Waals surface area contributed by atoms with Crippen molar-refractivity contribution in [3.63, 3.8) is 0 Å². The third-order valence-electron chi connectivity index (χ3n) is 6.37. The number of hydrogen-bond acceptors (Lipinski definition) is 9. The number of pyridine rings is 1. The lowest BCUT2D eigenvalue weighted by Gasteiger charge is -2.19. The number of carbonyl (C=O) groups excluding carboxylic acids is 3. The van der Waals surface area contributed by atoms with Crippen LogP contribution in [0.5, 0.6) is 0 Å². The Hall–Kier alpha value is -4.72. The van der Waals surface area contributed by atoms with Crippen molar-refractivity contribution in [3.8, 4) is 0 Å². The molecule has 4 aromatic rings. The molecule has 0 aliphatic carbocycles. The largest absolute Gasteiger partial charge is 0.444 e. The molecule has 0 fully saturated rings. The van der Waals surface area contributed by atoms with Crippen LogP contribution in [0.3, 0.4) is 0 Å². The third kappa shape index (κ3) is 10.9. The van der Waals surface area contributed by atoms with Gasteiger partial charge in [-0.1, -0.05) is 30.0 Å². The van der Waals surface area contributed by atoms with Crippen molar-refractivity contribution in [2.75, 3.05) is 46.6 Å². The summed E-state index contributed by atoms with van der Waals surface area (Å²) in [7, 11) is 1.60. The maximum atomic E-state index is 13.3. The molecule has 2 aromatic carbocycles. The fourth-order valence-electron chi connectivity index (χ4n) is 4.27. The van der Waals surface area contributed by atoms with Gasteiger partial charge in [0.05, 0.1) is 48.9 Å². The molecule has 0 bridgehead atoms. The lowest BCUT2D eigenvalue weighted by atomic mass is 10.2. The smallest absolute Gasteiger partial charge is 0.407 e. The van der Waals surface area contributed by atoms with Crippen LogP contribution in [0.2, 0.25) is 0 Å². The summed E-state index contributed by atoms with van der Waals surface area (Å²) in [4.78, 5) is 43.3. The zero-order valence-electron chi connectivity index (χ0n) is 26.9. The van der Waals surface area contributed by atoms with Gasteiger partial charge in [-0.3, -0.25) is 9.78 Å². The Labute approximate surface area is 278 Å². The average molecular weight is 661 g/mol. The van der Waals surface area contributed by atoms with E-state index < -0.39 is 17.7 Å². The summed E-state index contributed by atoms with van der Waals surface area (Å²) in [6.45, 7) is 7.23. The Morgan fingerprint density at radius 3 is 2.32 bits per heavy atom. The van der Waals surface area contributed by atoms with Crippen LogP contribution in [0.1, 0.15) is 42.5 Å². The number of amides is 3. The maximum absolute atomic E-state index is 13.3. The summed E-state index contributed by atoms with van der Waals surface area (Å²) in [6.07, 6.45) is 4.89. The van der Waals surface area contributed by atoms with E-state index in [0.29, 0.717) is 43.1 Å². The minimum atomic E-state index is -0.554. The second kappa shape index (κ2) is 17.3. The van der Waals surface area contributed by atoms with Crippen molar-refractivity contribution in [2.45, 2.75) is 36.2 Å². The molecule has 12 nitrogen and oxygen atoms in total. The molecular weight excluding hydrogens is 620 g/mol. The van der Waals surface area contributed by atoms with E-state index in [1.54, 1.807) is 40.1 Å². The van der Waals surface area contributed by atoms with Gasteiger partial charge >= 0.3 is 12.1 Å². The van der Waals surface area contributed by atoms with Crippen molar-refractivity contribution in [1.29, 1.82) is 0 Å². The first-order chi connectivity index (χ1) is 22.6. The normalized spacial score (nSPS) is 11.5. The molecular formula is C34H40N6O6S. The Kier molecular flexibility index (Phi) is 12.9. The number of benzene rings is 2. The predicted molar refractivity (Wildman–Crippen MR) is 182 cm³/mol. The highest BCUT2D eigenvalue weighted by molar-refractivity contribution is 7.99. The van der Waals surface area contributed by atoms with Crippen LogP contribution >= 0.6 is 11.8 Å². The number of hydrogen-bond donors (Lipinski definition) is 3. The number of carbonyl (C=O) groups is 3. The van der Waals surface area contributed by atoms with Gasteiger partial charge in [0.15, 0.2) is 0 Å². The number of nitrogens with one attached hydrogen (secondary N) is 3. The molecule has 0 aliphatic heterocycles. The van der Waals surface area contributed by atoms with E-state index >= 15 is 0 Å². The average Bonchev–Trinajstić information content (AvgIpc) is 3.42. The highest BCUT2D eigenvalue weighted by Gasteiger charge is 2.17. The fraction of sp³-hybridized carbons (Fsp3) is 0.324. The van der Waals surface area contributed by atoms with Gasteiger partial charge in [-0.2, -0.15) is 9.78 Å². The molecule has 0 saturated carbocycles. The van der Waals surface area contributed by atoms with Crippen molar-refractivity contribution in [3.05, 3.63) is 83.8 Å². The van der Waals surface area contributed by atoms with Gasteiger partial charge in [-0.15, -0.1) is 0 Å². The molecule has 2 heterocycles. The highest BCUT2D eigenvalue weighted by atomic mass is 32.2. The van der Waals surface area contributed by atoms with Gasteiger partial charge in [0, 0.05) is 41.5 Å². The fourth-order valence-corrected chi connectivity index (χ4v) is 5.25. The molecule has 4 rings (SSSR count). The Balaban J connectivity index is 1.36. The number of ether oxygens (including phenoxy) is 3. The topological polar surface area (TPSA) is 146 Å². The predicted octanol–water partition coefficient (Wildman–Crippen LogP) is 5.23. The first kappa shape index (κ1) is 35.1. The van der Waals surface area contributed by atoms with Crippen LogP contribution in [0.15, 0.2) is 76.7 Å². The van der Waals surface area contributed by atoms with Crippen LogP contribution < -0.4 is 16.0 Å². The lowest BCUT2D eigenvalue weighted by molar-refractivity contribution is 0.0405. The quantitative estimate of drug-likeness (QED) is 0.155. The molecule has 3 N–H and O–H groups in total. The SMILES string of the molecule is CNC(=O)c1ccccc1Sc1ccc2c(/C=C/c3ccccn3)nn(C(=O)NCCOCCOCCNC(=O)OC(C)(C)C)c2c1. The Bertz CT molecular complexity index is 1690. The summed E-state index contributed by atoms with van der Waals surface area (Å²) in [5.41, 5.74) is 1.99. The van der Waals surface area contributed by atoms with Gasteiger partial charge in [0.2, 0.25) is 0 Å².